The first-order chi connectivity index (χ1) is 11.5. The topological polar surface area (TPSA) is 61.9 Å². The molecule has 0 radical (unpaired) electrons. The Morgan fingerprint density at radius 2 is 1.92 bits per heavy atom. The molecule has 0 bridgehead atoms. The fourth-order valence-corrected chi connectivity index (χ4v) is 2.80. The normalized spacial score (nSPS) is 11.3. The predicted molar refractivity (Wildman–Crippen MR) is 101 cm³/mol. The molecule has 0 fully saturated rings. The second-order valence-corrected chi connectivity index (χ2v) is 6.08. The molecule has 6 heteroatoms. The van der Waals surface area contributed by atoms with Crippen molar-refractivity contribution < 1.29 is 5.11 Å². The number of azo groups is 1. The van der Waals surface area contributed by atoms with Crippen molar-refractivity contribution in [1.29, 1.82) is 0 Å². The van der Waals surface area contributed by atoms with E-state index < -0.39 is 0 Å². The van der Waals surface area contributed by atoms with Crippen molar-refractivity contribution in [2.24, 2.45) is 17.3 Å². The summed E-state index contributed by atoms with van der Waals surface area (Å²) in [4.78, 5) is 0. The highest BCUT2D eigenvalue weighted by Crippen LogP contribution is 2.37. The Morgan fingerprint density at radius 1 is 1.17 bits per heavy atom. The minimum atomic E-state index is 0.0641. The molecule has 0 spiro atoms. The van der Waals surface area contributed by atoms with Crippen LogP contribution in [-0.2, 0) is 7.05 Å². The van der Waals surface area contributed by atoms with Crippen LogP contribution < -0.4 is 5.32 Å². The number of aromatic hydroxyl groups is 1. The van der Waals surface area contributed by atoms with E-state index in [0.717, 1.165) is 22.2 Å². The third-order valence-corrected chi connectivity index (χ3v) is 4.10. The molecular formula is C18H18N4OS. The van der Waals surface area contributed by atoms with Crippen LogP contribution in [-0.4, -0.2) is 14.8 Å². The number of rotatable bonds is 2. The van der Waals surface area contributed by atoms with E-state index in [0.29, 0.717) is 5.69 Å². The number of aromatic nitrogens is 1. The van der Waals surface area contributed by atoms with Crippen LogP contribution >= 0.6 is 12.2 Å². The Labute approximate surface area is 145 Å². The zero-order valence-corrected chi connectivity index (χ0v) is 14.6. The summed E-state index contributed by atoms with van der Waals surface area (Å²) in [5, 5.41) is 22.6. The quantitative estimate of drug-likeness (QED) is 0.511. The molecule has 3 rings (SSSR count). The Balaban J connectivity index is 1.86. The van der Waals surface area contributed by atoms with Crippen LogP contribution in [0.15, 0.2) is 52.7 Å². The van der Waals surface area contributed by atoms with Gasteiger partial charge in [-0.25, -0.2) is 0 Å². The molecule has 2 N–H and O–H groups in total. The minimum absolute atomic E-state index is 0.0641. The third-order valence-electron chi connectivity index (χ3n) is 3.91. The molecule has 2 aromatic carbocycles. The maximum atomic E-state index is 10.2. The van der Waals surface area contributed by atoms with Crippen LogP contribution in [0.4, 0.5) is 11.4 Å². The maximum absolute atomic E-state index is 10.2. The molecular weight excluding hydrogens is 320 g/mol. The molecule has 1 aromatic heterocycles. The van der Waals surface area contributed by atoms with Crippen LogP contribution in [0.2, 0.25) is 0 Å². The van der Waals surface area contributed by atoms with Gasteiger partial charge in [0.2, 0.25) is 11.0 Å². The van der Waals surface area contributed by atoms with Crippen molar-refractivity contribution in [2.75, 3.05) is 5.32 Å². The van der Waals surface area contributed by atoms with Crippen LogP contribution in [0.5, 0.6) is 5.88 Å². The third kappa shape index (κ3) is 3.00. The zero-order valence-electron chi connectivity index (χ0n) is 13.7. The predicted octanol–water partition coefficient (Wildman–Crippen LogP) is 4.98. The van der Waals surface area contributed by atoms with Crippen LogP contribution in [0.1, 0.15) is 11.1 Å². The molecule has 1 heterocycles. The zero-order chi connectivity index (χ0) is 17.3. The monoisotopic (exact) mass is 338 g/mol. The van der Waals surface area contributed by atoms with E-state index in [2.05, 4.69) is 21.6 Å². The van der Waals surface area contributed by atoms with E-state index in [1.54, 1.807) is 11.6 Å². The van der Waals surface area contributed by atoms with Crippen LogP contribution in [0.3, 0.4) is 0 Å². The molecule has 0 aliphatic carbocycles. The summed E-state index contributed by atoms with van der Waals surface area (Å²) in [7, 11) is 1.78. The second-order valence-electron chi connectivity index (χ2n) is 5.70. The summed E-state index contributed by atoms with van der Waals surface area (Å²) in [6.45, 7) is 4.05. The SMILES string of the molecule is Cc1ccc(NC(=S)N=Nc2c(O)n(C)c3ccccc23)c(C)c1. The van der Waals surface area contributed by atoms with E-state index in [1.165, 1.54) is 5.56 Å². The number of fused-ring (bicyclic) bond motifs is 1. The van der Waals surface area contributed by atoms with Gasteiger partial charge in [0.15, 0.2) is 5.69 Å². The largest absolute Gasteiger partial charge is 0.493 e. The van der Waals surface area contributed by atoms with Crippen molar-refractivity contribution in [2.45, 2.75) is 13.8 Å². The van der Waals surface area contributed by atoms with E-state index in [9.17, 15) is 5.11 Å². The minimum Gasteiger partial charge on any atom is -0.493 e. The van der Waals surface area contributed by atoms with Gasteiger partial charge in [-0.2, -0.15) is 0 Å². The molecule has 24 heavy (non-hydrogen) atoms. The highest BCUT2D eigenvalue weighted by atomic mass is 32.1. The number of nitrogens with zero attached hydrogens (tertiary/aromatic N) is 3. The van der Waals surface area contributed by atoms with E-state index in [1.807, 2.05) is 50.2 Å². The highest BCUT2D eigenvalue weighted by molar-refractivity contribution is 7.80. The summed E-state index contributed by atoms with van der Waals surface area (Å²) >= 11 is 5.24. The number of para-hydroxylation sites is 1. The van der Waals surface area contributed by atoms with Crippen LogP contribution in [0.25, 0.3) is 10.9 Å². The van der Waals surface area contributed by atoms with Gasteiger partial charge in [0.05, 0.1) is 5.52 Å². The number of thiocarbonyl (C=S) groups is 1. The number of aryl methyl sites for hydroxylation is 3. The molecule has 0 amide bonds. The lowest BCUT2D eigenvalue weighted by atomic mass is 10.1. The van der Waals surface area contributed by atoms with Crippen molar-refractivity contribution >= 4 is 39.6 Å². The summed E-state index contributed by atoms with van der Waals surface area (Å²) < 4.78 is 1.67. The van der Waals surface area contributed by atoms with E-state index >= 15 is 0 Å². The van der Waals surface area contributed by atoms with Gasteiger partial charge in [0, 0.05) is 18.1 Å². The number of hydrogen-bond acceptors (Lipinski definition) is 3. The number of benzene rings is 2. The Bertz CT molecular complexity index is 959. The lowest BCUT2D eigenvalue weighted by molar-refractivity contribution is 0.436. The second kappa shape index (κ2) is 6.41. The van der Waals surface area contributed by atoms with Gasteiger partial charge in [0.25, 0.3) is 0 Å². The first-order valence-corrected chi connectivity index (χ1v) is 7.94. The first kappa shape index (κ1) is 16.1. The summed E-state index contributed by atoms with van der Waals surface area (Å²) in [5.41, 5.74) is 4.47. The Kier molecular flexibility index (Phi) is 4.31. The Hall–Kier alpha value is -2.73. The van der Waals surface area contributed by atoms with Gasteiger partial charge >= 0.3 is 0 Å². The molecule has 3 aromatic rings. The summed E-state index contributed by atoms with van der Waals surface area (Å²) in [6, 6.07) is 13.7. The van der Waals surface area contributed by atoms with Crippen molar-refractivity contribution in [3.05, 3.63) is 53.6 Å². The van der Waals surface area contributed by atoms with Gasteiger partial charge in [-0.1, -0.05) is 35.9 Å². The fraction of sp³-hybridized carbons (Fsp3) is 0.167. The molecule has 0 aliphatic heterocycles. The van der Waals surface area contributed by atoms with Gasteiger partial charge in [-0.3, -0.25) is 0 Å². The van der Waals surface area contributed by atoms with Gasteiger partial charge in [-0.05, 0) is 43.8 Å². The highest BCUT2D eigenvalue weighted by Gasteiger charge is 2.13. The van der Waals surface area contributed by atoms with Gasteiger partial charge in [-0.15, -0.1) is 10.2 Å². The van der Waals surface area contributed by atoms with Crippen molar-refractivity contribution in [1.82, 2.24) is 4.57 Å². The standard InChI is InChI=1S/C18H18N4OS/c1-11-8-9-14(12(2)10-11)19-18(24)21-20-16-13-6-4-5-7-15(13)22(3)17(16)23/h4-10,23H,1-3H3,(H,19,24). The molecule has 0 saturated carbocycles. The lowest BCUT2D eigenvalue weighted by Gasteiger charge is -2.07. The molecule has 5 nitrogen and oxygen atoms in total. The molecule has 0 unspecified atom stereocenters. The number of hydrogen-bond donors (Lipinski definition) is 2. The number of nitrogens with one attached hydrogen (secondary N) is 1. The van der Waals surface area contributed by atoms with E-state index in [4.69, 9.17) is 12.2 Å². The molecule has 122 valence electrons. The lowest BCUT2D eigenvalue weighted by Crippen LogP contribution is -2.06. The fourth-order valence-electron chi connectivity index (χ4n) is 2.65. The molecule has 0 aliphatic rings. The Morgan fingerprint density at radius 3 is 2.67 bits per heavy atom. The summed E-state index contributed by atoms with van der Waals surface area (Å²) in [6.07, 6.45) is 0. The van der Waals surface area contributed by atoms with Crippen molar-refractivity contribution in [3.63, 3.8) is 0 Å². The smallest absolute Gasteiger partial charge is 0.220 e. The van der Waals surface area contributed by atoms with Gasteiger partial charge in [0.1, 0.15) is 0 Å². The molecule has 0 saturated heterocycles. The number of anilines is 1. The summed E-state index contributed by atoms with van der Waals surface area (Å²) in [5.74, 6) is 0.0641. The first-order valence-electron chi connectivity index (χ1n) is 7.53. The average molecular weight is 338 g/mol. The molecule has 0 atom stereocenters. The maximum Gasteiger partial charge on any atom is 0.220 e. The van der Waals surface area contributed by atoms with Crippen molar-refractivity contribution in [3.8, 4) is 5.88 Å². The van der Waals surface area contributed by atoms with Gasteiger partial charge < -0.3 is 15.0 Å². The van der Waals surface area contributed by atoms with Crippen LogP contribution in [0, 0.1) is 13.8 Å². The van der Waals surface area contributed by atoms with E-state index in [-0.39, 0.29) is 11.0 Å². The average Bonchev–Trinajstić information content (AvgIpc) is 2.80.